The van der Waals surface area contributed by atoms with E-state index >= 15 is 0 Å². The summed E-state index contributed by atoms with van der Waals surface area (Å²) in [6, 6.07) is 7.94. The van der Waals surface area contributed by atoms with Crippen LogP contribution in [-0.2, 0) is 19.4 Å². The van der Waals surface area contributed by atoms with Crippen molar-refractivity contribution in [2.75, 3.05) is 7.11 Å². The van der Waals surface area contributed by atoms with Crippen molar-refractivity contribution in [2.24, 2.45) is 0 Å². The number of methoxy groups -OCH3 is 1. The maximum absolute atomic E-state index is 12.5. The van der Waals surface area contributed by atoms with Crippen molar-refractivity contribution < 1.29 is 17.9 Å². The highest BCUT2D eigenvalue weighted by atomic mass is 32.2. The van der Waals surface area contributed by atoms with E-state index in [2.05, 4.69) is 17.0 Å². The van der Waals surface area contributed by atoms with Crippen LogP contribution < -0.4 is 0 Å². The normalized spacial score (nSPS) is 12.2. The second-order valence-electron chi connectivity index (χ2n) is 4.21. The fourth-order valence-electron chi connectivity index (χ4n) is 1.81. The molecule has 0 aliphatic heterocycles. The number of unbranched alkanes of at least 4 members (excludes halogenated alkanes) is 1. The second kappa shape index (κ2) is 7.68. The van der Waals surface area contributed by atoms with Gasteiger partial charge in [0.15, 0.2) is 15.1 Å². The van der Waals surface area contributed by atoms with Gasteiger partial charge < -0.3 is 4.74 Å². The summed E-state index contributed by atoms with van der Waals surface area (Å²) in [6.45, 7) is 3.43. The lowest BCUT2D eigenvalue weighted by atomic mass is 10.2. The molecule has 5 heteroatoms. The molecule has 20 heavy (non-hydrogen) atoms. The van der Waals surface area contributed by atoms with Gasteiger partial charge in [0.2, 0.25) is 0 Å². The molecule has 0 radical (unpaired) electrons. The number of hydrogen-bond donors (Lipinski definition) is 0. The minimum absolute atomic E-state index is 0.134. The zero-order valence-electron chi connectivity index (χ0n) is 11.4. The van der Waals surface area contributed by atoms with Crippen molar-refractivity contribution in [2.45, 2.75) is 29.4 Å². The monoisotopic (exact) mass is 294 g/mol. The van der Waals surface area contributed by atoms with Gasteiger partial charge in [0.1, 0.15) is 0 Å². The molecule has 4 nitrogen and oxygen atoms in total. The van der Waals surface area contributed by atoms with E-state index in [-0.39, 0.29) is 11.3 Å². The molecule has 1 aromatic carbocycles. The Morgan fingerprint density at radius 2 is 2.05 bits per heavy atom. The maximum atomic E-state index is 12.5. The number of carbonyl (C=O) groups excluding carboxylic acids is 1. The topological polar surface area (TPSA) is 60.4 Å². The standard InChI is InChI=1S/C15H18O4S/c1-3-4-5-9-12-14(15(16)19-2)20(17,18)13-10-7-6-8-11-13/h4,6-8,10-11,14H,1,5,9,12H2,2H3. The number of carbonyl (C=O) groups is 1. The molecule has 0 aliphatic rings. The summed E-state index contributed by atoms with van der Waals surface area (Å²) in [5, 5.41) is -1.17. The van der Waals surface area contributed by atoms with Crippen molar-refractivity contribution in [1.82, 2.24) is 0 Å². The Hall–Kier alpha value is -1.84. The molecule has 0 bridgehead atoms. The van der Waals surface area contributed by atoms with Gasteiger partial charge in [-0.3, -0.25) is 4.79 Å². The summed E-state index contributed by atoms with van der Waals surface area (Å²) in [5.74, 6) is -0.726. The number of benzene rings is 1. The first-order valence-electron chi connectivity index (χ1n) is 6.25. The summed E-state index contributed by atoms with van der Waals surface area (Å²) in [6.07, 6.45) is 3.10. The minimum atomic E-state index is -3.72. The third-order valence-corrected chi connectivity index (χ3v) is 4.98. The molecular formula is C15H18O4S. The molecule has 1 atom stereocenters. The summed E-state index contributed by atoms with van der Waals surface area (Å²) in [4.78, 5) is 11.9. The first-order chi connectivity index (χ1) is 9.54. The van der Waals surface area contributed by atoms with Crippen molar-refractivity contribution in [3.05, 3.63) is 48.7 Å². The largest absolute Gasteiger partial charge is 0.468 e. The average Bonchev–Trinajstić information content (AvgIpc) is 2.47. The Kier molecular flexibility index (Phi) is 6.22. The van der Waals surface area contributed by atoms with E-state index < -0.39 is 21.1 Å². The molecule has 1 rings (SSSR count). The molecule has 1 unspecified atom stereocenters. The van der Waals surface area contributed by atoms with Gasteiger partial charge in [0.25, 0.3) is 0 Å². The highest BCUT2D eigenvalue weighted by Crippen LogP contribution is 2.21. The summed E-state index contributed by atoms with van der Waals surface area (Å²) in [5.41, 5.74) is 2.61. The van der Waals surface area contributed by atoms with Gasteiger partial charge in [-0.05, 0) is 37.5 Å². The van der Waals surface area contributed by atoms with Gasteiger partial charge in [0.05, 0.1) is 12.0 Å². The fraction of sp³-hybridized carbons (Fsp3) is 0.333. The molecule has 1 aromatic rings. The molecule has 0 N–H and O–H groups in total. The number of esters is 1. The van der Waals surface area contributed by atoms with Crippen LogP contribution in [0.15, 0.2) is 53.6 Å². The van der Waals surface area contributed by atoms with E-state index in [1.807, 2.05) is 0 Å². The van der Waals surface area contributed by atoms with Gasteiger partial charge in [0, 0.05) is 0 Å². The highest BCUT2D eigenvalue weighted by molar-refractivity contribution is 7.92. The van der Waals surface area contributed by atoms with Gasteiger partial charge >= 0.3 is 5.97 Å². The van der Waals surface area contributed by atoms with E-state index in [9.17, 15) is 13.2 Å². The molecule has 0 aromatic heterocycles. The number of rotatable bonds is 7. The highest BCUT2D eigenvalue weighted by Gasteiger charge is 2.34. The molecule has 0 saturated heterocycles. The Bertz CT molecular complexity index is 584. The van der Waals surface area contributed by atoms with E-state index in [4.69, 9.17) is 0 Å². The number of allylic oxidation sites excluding steroid dienone is 1. The summed E-state index contributed by atoms with van der Waals surface area (Å²) < 4.78 is 29.5. The first kappa shape index (κ1) is 16.2. The Balaban J connectivity index is 2.98. The van der Waals surface area contributed by atoms with Crippen LogP contribution in [0.5, 0.6) is 0 Å². The Morgan fingerprint density at radius 3 is 2.60 bits per heavy atom. The van der Waals surface area contributed by atoms with Gasteiger partial charge in [-0.1, -0.05) is 24.8 Å². The van der Waals surface area contributed by atoms with E-state index in [0.29, 0.717) is 12.8 Å². The van der Waals surface area contributed by atoms with Crippen molar-refractivity contribution >= 4 is 15.8 Å². The van der Waals surface area contributed by atoms with Crippen molar-refractivity contribution in [1.29, 1.82) is 0 Å². The van der Waals surface area contributed by atoms with Crippen LogP contribution in [0, 0.1) is 0 Å². The third kappa shape index (κ3) is 4.08. The molecular weight excluding hydrogens is 276 g/mol. The lowest BCUT2D eigenvalue weighted by Crippen LogP contribution is -2.31. The van der Waals surface area contributed by atoms with Gasteiger partial charge in [-0.15, -0.1) is 5.73 Å². The lowest BCUT2D eigenvalue weighted by molar-refractivity contribution is -0.140. The molecule has 108 valence electrons. The van der Waals surface area contributed by atoms with E-state index in [0.717, 1.165) is 0 Å². The lowest BCUT2D eigenvalue weighted by Gasteiger charge is -2.15. The van der Waals surface area contributed by atoms with Crippen LogP contribution in [0.2, 0.25) is 0 Å². The zero-order valence-corrected chi connectivity index (χ0v) is 12.2. The average molecular weight is 294 g/mol. The minimum Gasteiger partial charge on any atom is -0.468 e. The van der Waals surface area contributed by atoms with Crippen molar-refractivity contribution in [3.8, 4) is 0 Å². The fourth-order valence-corrected chi connectivity index (χ4v) is 3.50. The molecule has 0 aliphatic carbocycles. The third-order valence-electron chi connectivity index (χ3n) is 2.87. The smallest absolute Gasteiger partial charge is 0.324 e. The summed E-state index contributed by atoms with van der Waals surface area (Å²) in [7, 11) is -2.53. The van der Waals surface area contributed by atoms with E-state index in [1.165, 1.54) is 19.2 Å². The van der Waals surface area contributed by atoms with Crippen LogP contribution >= 0.6 is 0 Å². The molecule has 0 saturated carbocycles. The van der Waals surface area contributed by atoms with Crippen LogP contribution in [0.4, 0.5) is 0 Å². The molecule has 0 amide bonds. The molecule has 0 spiro atoms. The second-order valence-corrected chi connectivity index (χ2v) is 6.34. The molecule has 0 heterocycles. The van der Waals surface area contributed by atoms with Crippen molar-refractivity contribution in [3.63, 3.8) is 0 Å². The quantitative estimate of drug-likeness (QED) is 0.440. The van der Waals surface area contributed by atoms with Crippen LogP contribution in [0.3, 0.4) is 0 Å². The zero-order chi connectivity index (χ0) is 15.0. The predicted molar refractivity (Wildman–Crippen MR) is 77.0 cm³/mol. The predicted octanol–water partition coefficient (Wildman–Crippen LogP) is 2.51. The number of hydrogen-bond acceptors (Lipinski definition) is 4. The van der Waals surface area contributed by atoms with Crippen LogP contribution in [-0.4, -0.2) is 26.7 Å². The van der Waals surface area contributed by atoms with Gasteiger partial charge in [-0.2, -0.15) is 0 Å². The van der Waals surface area contributed by atoms with Crippen LogP contribution in [0.1, 0.15) is 19.3 Å². The van der Waals surface area contributed by atoms with Crippen LogP contribution in [0.25, 0.3) is 0 Å². The maximum Gasteiger partial charge on any atom is 0.324 e. The van der Waals surface area contributed by atoms with E-state index in [1.54, 1.807) is 24.3 Å². The summed E-state index contributed by atoms with van der Waals surface area (Å²) >= 11 is 0. The SMILES string of the molecule is C=C=CCCCC(C(=O)OC)S(=O)(=O)c1ccccc1. The Labute approximate surface area is 119 Å². The molecule has 0 fully saturated rings. The first-order valence-corrected chi connectivity index (χ1v) is 7.79. The van der Waals surface area contributed by atoms with Gasteiger partial charge in [-0.25, -0.2) is 8.42 Å². The number of ether oxygens (including phenoxy) is 1. The Morgan fingerprint density at radius 1 is 1.40 bits per heavy atom. The number of sulfone groups is 1.